The Hall–Kier alpha value is -6.68. The summed E-state index contributed by atoms with van der Waals surface area (Å²) in [4.78, 5) is 10.5. The monoisotopic (exact) mass is 763 g/mol. The van der Waals surface area contributed by atoms with E-state index < -0.39 is 5.41 Å². The topological polar surface area (TPSA) is 36.8 Å². The summed E-state index contributed by atoms with van der Waals surface area (Å²) >= 11 is 0. The molecule has 1 N–H and O–H groups in total. The summed E-state index contributed by atoms with van der Waals surface area (Å²) < 4.78 is 0. The normalized spacial score (nSPS) is 16.2. The quantitative estimate of drug-likeness (QED) is 0.131. The Bertz CT molecular complexity index is 2800. The molecule has 7 aromatic rings. The van der Waals surface area contributed by atoms with Crippen molar-refractivity contribution >= 4 is 22.7 Å². The largest absolute Gasteiger partial charge is 0.288 e. The molecule has 0 aromatic heterocycles. The van der Waals surface area contributed by atoms with Crippen LogP contribution >= 0.6 is 0 Å². The predicted octanol–water partition coefficient (Wildman–Crippen LogP) is 13.8. The molecule has 3 heteroatoms. The zero-order valence-electron chi connectivity index (χ0n) is 34.3. The maximum Gasteiger partial charge on any atom is 0.126 e. The van der Waals surface area contributed by atoms with E-state index in [1.165, 1.54) is 61.2 Å². The maximum atomic E-state index is 5.46. The Morgan fingerprint density at radius 3 is 1.98 bits per heavy atom. The van der Waals surface area contributed by atoms with Crippen LogP contribution in [0.5, 0.6) is 0 Å². The molecular weight excluding hydrogens is 715 g/mol. The standard InChI is InChI=1S/C56H49N3/c1-6-46-47-25-12-14-27-50(47)56(49(46)7-2)51-28-15-13-26-48(51)54-45(24-18-29-52(54)56)36-57-55(42-33-31-41(32-34-42)40-20-9-8-10-21-40)59-39(5)44-23-17-22-43(35-44)38(4)58-53-30-16-11-19-37(53)3/h7-35,55,57H,2,6,36H2,1,3-5H3. The summed E-state index contributed by atoms with van der Waals surface area (Å²) in [5, 5.41) is 3.95. The van der Waals surface area contributed by atoms with Crippen LogP contribution in [0.4, 0.5) is 5.69 Å². The van der Waals surface area contributed by atoms with Gasteiger partial charge < -0.3 is 0 Å². The minimum absolute atomic E-state index is 0.297. The molecule has 0 amide bonds. The molecule has 288 valence electrons. The summed E-state index contributed by atoms with van der Waals surface area (Å²) in [7, 11) is 0. The molecule has 59 heavy (non-hydrogen) atoms. The first-order chi connectivity index (χ1) is 28.9. The number of benzene rings is 7. The van der Waals surface area contributed by atoms with Crippen molar-refractivity contribution in [2.75, 3.05) is 0 Å². The molecule has 0 saturated heterocycles. The molecule has 3 nitrogen and oxygen atoms in total. The molecule has 2 atom stereocenters. The third-order valence-corrected chi connectivity index (χ3v) is 12.3. The van der Waals surface area contributed by atoms with E-state index in [4.69, 9.17) is 9.98 Å². The highest BCUT2D eigenvalue weighted by Crippen LogP contribution is 2.62. The lowest BCUT2D eigenvalue weighted by Crippen LogP contribution is -2.27. The molecule has 0 bridgehead atoms. The number of para-hydroxylation sites is 1. The summed E-state index contributed by atoms with van der Waals surface area (Å²) in [5.41, 5.74) is 21.2. The Morgan fingerprint density at radius 1 is 0.644 bits per heavy atom. The van der Waals surface area contributed by atoms with Crippen LogP contribution in [0.2, 0.25) is 0 Å². The van der Waals surface area contributed by atoms with Crippen molar-refractivity contribution in [3.8, 4) is 22.3 Å². The Kier molecular flexibility index (Phi) is 10.2. The summed E-state index contributed by atoms with van der Waals surface area (Å²) in [5.74, 6) is 0. The molecule has 1 spiro atoms. The van der Waals surface area contributed by atoms with Crippen molar-refractivity contribution in [1.29, 1.82) is 0 Å². The fourth-order valence-corrected chi connectivity index (χ4v) is 9.48. The van der Waals surface area contributed by atoms with Gasteiger partial charge in [-0.2, -0.15) is 0 Å². The van der Waals surface area contributed by atoms with Gasteiger partial charge in [0.2, 0.25) is 0 Å². The van der Waals surface area contributed by atoms with Crippen molar-refractivity contribution in [2.45, 2.75) is 52.2 Å². The number of nitrogens with one attached hydrogen (secondary N) is 1. The first-order valence-electron chi connectivity index (χ1n) is 20.8. The highest BCUT2D eigenvalue weighted by molar-refractivity contribution is 6.05. The SMILES string of the molecule is C=CC1=C(CC)c2ccccc2C12c1ccccc1-c1c(CNC(N=C(C)c3cccc(C(C)=Nc4ccccc4C)c3)c3ccc(-c4ccccc4)cc3)cccc12. The average molecular weight is 764 g/mol. The molecule has 2 aliphatic carbocycles. The lowest BCUT2D eigenvalue weighted by atomic mass is 9.69. The van der Waals surface area contributed by atoms with Gasteiger partial charge in [-0.3, -0.25) is 15.3 Å². The zero-order chi connectivity index (χ0) is 40.5. The highest BCUT2D eigenvalue weighted by Gasteiger charge is 2.52. The third-order valence-electron chi connectivity index (χ3n) is 12.3. The van der Waals surface area contributed by atoms with Gasteiger partial charge in [0.15, 0.2) is 0 Å². The number of aliphatic imine (C=N–C) groups is 2. The Balaban J connectivity index is 1.11. The van der Waals surface area contributed by atoms with Gasteiger partial charge in [0.05, 0.1) is 11.1 Å². The van der Waals surface area contributed by atoms with E-state index in [9.17, 15) is 0 Å². The van der Waals surface area contributed by atoms with Crippen LogP contribution in [-0.2, 0) is 12.0 Å². The van der Waals surface area contributed by atoms with Crippen LogP contribution in [0.3, 0.4) is 0 Å². The van der Waals surface area contributed by atoms with E-state index in [0.29, 0.717) is 6.54 Å². The number of aryl methyl sites for hydroxylation is 1. The molecule has 7 aromatic carbocycles. The molecule has 9 rings (SSSR count). The van der Waals surface area contributed by atoms with E-state index >= 15 is 0 Å². The van der Waals surface area contributed by atoms with Crippen LogP contribution < -0.4 is 5.32 Å². The van der Waals surface area contributed by atoms with Crippen molar-refractivity contribution in [1.82, 2.24) is 5.32 Å². The minimum atomic E-state index is -0.404. The molecule has 0 heterocycles. The molecule has 0 aliphatic heterocycles. The van der Waals surface area contributed by atoms with Crippen LogP contribution in [0.25, 0.3) is 27.8 Å². The summed E-state index contributed by atoms with van der Waals surface area (Å²) in [6.07, 6.45) is 2.77. The number of rotatable bonds is 11. The van der Waals surface area contributed by atoms with Gasteiger partial charge in [-0.05, 0) is 123 Å². The van der Waals surface area contributed by atoms with E-state index in [-0.39, 0.29) is 6.17 Å². The fraction of sp³-hybridized carbons (Fsp3) is 0.143. The second kappa shape index (κ2) is 15.9. The van der Waals surface area contributed by atoms with E-state index in [1.54, 1.807) is 0 Å². The molecule has 0 radical (unpaired) electrons. The number of hydrogen-bond acceptors (Lipinski definition) is 3. The predicted molar refractivity (Wildman–Crippen MR) is 249 cm³/mol. The van der Waals surface area contributed by atoms with Gasteiger partial charge in [-0.1, -0.05) is 177 Å². The first-order valence-corrected chi connectivity index (χ1v) is 20.8. The Morgan fingerprint density at radius 2 is 1.25 bits per heavy atom. The number of nitrogens with zero attached hydrogens (tertiary/aromatic N) is 2. The second-order valence-corrected chi connectivity index (χ2v) is 15.7. The highest BCUT2D eigenvalue weighted by atomic mass is 15.1. The van der Waals surface area contributed by atoms with Crippen molar-refractivity contribution in [3.63, 3.8) is 0 Å². The minimum Gasteiger partial charge on any atom is -0.288 e. The molecular formula is C56H49N3. The first kappa shape index (κ1) is 37.9. The molecule has 0 saturated carbocycles. The zero-order valence-corrected chi connectivity index (χ0v) is 34.3. The lowest BCUT2D eigenvalue weighted by Gasteiger charge is -2.31. The van der Waals surface area contributed by atoms with Gasteiger partial charge in [0.25, 0.3) is 0 Å². The molecule has 0 fully saturated rings. The third kappa shape index (κ3) is 6.62. The summed E-state index contributed by atoms with van der Waals surface area (Å²) in [6, 6.07) is 61.1. The molecule has 2 aliphatic rings. The lowest BCUT2D eigenvalue weighted by molar-refractivity contribution is 0.555. The smallest absolute Gasteiger partial charge is 0.126 e. The average Bonchev–Trinajstić information content (AvgIpc) is 3.75. The maximum absolute atomic E-state index is 5.46. The second-order valence-electron chi connectivity index (χ2n) is 15.7. The van der Waals surface area contributed by atoms with E-state index in [0.717, 1.165) is 45.8 Å². The number of allylic oxidation sites excluding steroid dienone is 3. The fourth-order valence-electron chi connectivity index (χ4n) is 9.48. The molecule has 2 unspecified atom stereocenters. The summed E-state index contributed by atoms with van der Waals surface area (Å²) in [6.45, 7) is 13.6. The van der Waals surface area contributed by atoms with E-state index in [1.807, 2.05) is 6.07 Å². The van der Waals surface area contributed by atoms with E-state index in [2.05, 4.69) is 209 Å². The van der Waals surface area contributed by atoms with Gasteiger partial charge in [-0.15, -0.1) is 0 Å². The van der Waals surface area contributed by atoms with Gasteiger partial charge in [0.1, 0.15) is 6.17 Å². The van der Waals surface area contributed by atoms with Crippen LogP contribution in [-0.4, -0.2) is 11.4 Å². The Labute approximate surface area is 349 Å². The van der Waals surface area contributed by atoms with Gasteiger partial charge in [-0.25, -0.2) is 0 Å². The number of hydrogen-bond donors (Lipinski definition) is 1. The van der Waals surface area contributed by atoms with Crippen molar-refractivity contribution in [2.24, 2.45) is 9.98 Å². The van der Waals surface area contributed by atoms with Crippen molar-refractivity contribution < 1.29 is 0 Å². The van der Waals surface area contributed by atoms with Crippen molar-refractivity contribution in [3.05, 3.63) is 238 Å². The van der Waals surface area contributed by atoms with Crippen LogP contribution in [0, 0.1) is 6.92 Å². The van der Waals surface area contributed by atoms with Crippen LogP contribution in [0.1, 0.15) is 83.4 Å². The number of fused-ring (bicyclic) bond motifs is 7. The van der Waals surface area contributed by atoms with Crippen LogP contribution in [0.15, 0.2) is 198 Å². The van der Waals surface area contributed by atoms with Gasteiger partial charge >= 0.3 is 0 Å². The van der Waals surface area contributed by atoms with Gasteiger partial charge in [0, 0.05) is 18.0 Å².